The molecule has 3 rings (SSSR count). The second kappa shape index (κ2) is 4.37. The van der Waals surface area contributed by atoms with Crippen LogP contribution in [0.2, 0.25) is 5.15 Å². The lowest BCUT2D eigenvalue weighted by molar-refractivity contribution is 0.466. The van der Waals surface area contributed by atoms with Crippen LogP contribution < -0.4 is 5.32 Å². The summed E-state index contributed by atoms with van der Waals surface area (Å²) >= 11 is 6.17. The van der Waals surface area contributed by atoms with Crippen LogP contribution in [0.15, 0.2) is 6.33 Å². The highest BCUT2D eigenvalue weighted by atomic mass is 35.5. The van der Waals surface area contributed by atoms with Crippen molar-refractivity contribution >= 4 is 17.4 Å². The van der Waals surface area contributed by atoms with E-state index in [0.29, 0.717) is 16.5 Å². The van der Waals surface area contributed by atoms with Crippen molar-refractivity contribution in [2.24, 2.45) is 11.3 Å². The monoisotopic (exact) mass is 265 g/mol. The molecule has 1 aromatic heterocycles. The highest BCUT2D eigenvalue weighted by Gasteiger charge is 2.53. The summed E-state index contributed by atoms with van der Waals surface area (Å²) in [4.78, 5) is 8.45. The molecule has 2 aliphatic carbocycles. The van der Waals surface area contributed by atoms with Crippen LogP contribution in [0.4, 0.5) is 5.82 Å². The lowest BCUT2D eigenvalue weighted by Crippen LogP contribution is -2.19. The molecular formula is C14H20ClN3. The van der Waals surface area contributed by atoms with Gasteiger partial charge in [-0.1, -0.05) is 25.4 Å². The number of nitrogens with zero attached hydrogens (tertiary/aromatic N) is 2. The third-order valence-electron chi connectivity index (χ3n) is 4.36. The van der Waals surface area contributed by atoms with E-state index in [4.69, 9.17) is 11.6 Å². The summed E-state index contributed by atoms with van der Waals surface area (Å²) in [5.74, 6) is 2.24. The zero-order valence-electron chi connectivity index (χ0n) is 11.0. The SMILES string of the molecule is CC(C)c1c(Cl)ncnc1NCC1(C2CC2)CC1. The van der Waals surface area contributed by atoms with E-state index < -0.39 is 0 Å². The van der Waals surface area contributed by atoms with Gasteiger partial charge in [0.2, 0.25) is 0 Å². The topological polar surface area (TPSA) is 37.8 Å². The fraction of sp³-hybridized carbons (Fsp3) is 0.714. The number of halogens is 1. The Balaban J connectivity index is 1.74. The molecule has 1 aromatic rings. The summed E-state index contributed by atoms with van der Waals surface area (Å²) in [6.45, 7) is 5.30. The highest BCUT2D eigenvalue weighted by Crippen LogP contribution is 2.61. The predicted octanol–water partition coefficient (Wildman–Crippen LogP) is 3.86. The van der Waals surface area contributed by atoms with Gasteiger partial charge in [-0.3, -0.25) is 0 Å². The summed E-state index contributed by atoms with van der Waals surface area (Å²) in [6, 6.07) is 0. The maximum absolute atomic E-state index is 6.17. The van der Waals surface area contributed by atoms with Gasteiger partial charge in [0.25, 0.3) is 0 Å². The minimum Gasteiger partial charge on any atom is -0.369 e. The van der Waals surface area contributed by atoms with Gasteiger partial charge in [-0.25, -0.2) is 9.97 Å². The van der Waals surface area contributed by atoms with Crippen LogP contribution in [0.5, 0.6) is 0 Å². The van der Waals surface area contributed by atoms with Crippen LogP contribution in [0.3, 0.4) is 0 Å². The summed E-state index contributed by atoms with van der Waals surface area (Å²) in [6.07, 6.45) is 7.14. The Morgan fingerprint density at radius 1 is 1.39 bits per heavy atom. The Kier molecular flexibility index (Phi) is 2.97. The Bertz CT molecular complexity index is 450. The molecular weight excluding hydrogens is 246 g/mol. The molecule has 18 heavy (non-hydrogen) atoms. The molecule has 0 saturated heterocycles. The molecule has 0 unspecified atom stereocenters. The van der Waals surface area contributed by atoms with Crippen LogP contribution in [0.25, 0.3) is 0 Å². The number of hydrogen-bond donors (Lipinski definition) is 1. The Labute approximate surface area is 113 Å². The second-order valence-electron chi connectivity index (χ2n) is 6.07. The van der Waals surface area contributed by atoms with E-state index in [1.54, 1.807) is 6.33 Å². The molecule has 0 aromatic carbocycles. The summed E-state index contributed by atoms with van der Waals surface area (Å²) in [5, 5.41) is 4.11. The van der Waals surface area contributed by atoms with E-state index in [0.717, 1.165) is 23.8 Å². The van der Waals surface area contributed by atoms with Gasteiger partial charge in [0.05, 0.1) is 0 Å². The molecule has 2 aliphatic rings. The van der Waals surface area contributed by atoms with Gasteiger partial charge < -0.3 is 5.32 Å². The van der Waals surface area contributed by atoms with Crippen molar-refractivity contribution < 1.29 is 0 Å². The van der Waals surface area contributed by atoms with Gasteiger partial charge in [-0.05, 0) is 42.9 Å². The van der Waals surface area contributed by atoms with Gasteiger partial charge in [0.15, 0.2) is 0 Å². The average molecular weight is 266 g/mol. The molecule has 98 valence electrons. The molecule has 2 saturated carbocycles. The van der Waals surface area contributed by atoms with Gasteiger partial charge in [-0.15, -0.1) is 0 Å². The Morgan fingerprint density at radius 3 is 2.67 bits per heavy atom. The van der Waals surface area contributed by atoms with Crippen molar-refractivity contribution in [1.82, 2.24) is 9.97 Å². The number of rotatable bonds is 5. The smallest absolute Gasteiger partial charge is 0.138 e. The first-order valence-electron chi connectivity index (χ1n) is 6.87. The minimum absolute atomic E-state index is 0.345. The van der Waals surface area contributed by atoms with Crippen molar-refractivity contribution in [3.05, 3.63) is 17.0 Å². The third-order valence-corrected chi connectivity index (χ3v) is 4.66. The van der Waals surface area contributed by atoms with Crippen molar-refractivity contribution in [2.45, 2.75) is 45.4 Å². The van der Waals surface area contributed by atoms with Crippen LogP contribution >= 0.6 is 11.6 Å². The lowest BCUT2D eigenvalue weighted by Gasteiger charge is -2.18. The number of nitrogens with one attached hydrogen (secondary N) is 1. The van der Waals surface area contributed by atoms with E-state index in [-0.39, 0.29) is 0 Å². The van der Waals surface area contributed by atoms with Gasteiger partial charge in [0, 0.05) is 12.1 Å². The third kappa shape index (κ3) is 2.20. The molecule has 4 heteroatoms. The molecule has 0 atom stereocenters. The number of anilines is 1. The first kappa shape index (κ1) is 12.2. The van der Waals surface area contributed by atoms with Crippen molar-refractivity contribution in [3.8, 4) is 0 Å². The fourth-order valence-electron chi connectivity index (χ4n) is 2.87. The second-order valence-corrected chi connectivity index (χ2v) is 6.43. The summed E-state index contributed by atoms with van der Waals surface area (Å²) in [5.41, 5.74) is 1.62. The molecule has 0 amide bonds. The van der Waals surface area contributed by atoms with Crippen LogP contribution in [-0.4, -0.2) is 16.5 Å². The first-order valence-corrected chi connectivity index (χ1v) is 7.24. The minimum atomic E-state index is 0.345. The Hall–Kier alpha value is -0.830. The molecule has 0 aliphatic heterocycles. The molecule has 2 fully saturated rings. The van der Waals surface area contributed by atoms with Crippen molar-refractivity contribution in [2.75, 3.05) is 11.9 Å². The standard InChI is InChI=1S/C14H20ClN3/c1-9(2)11-12(15)17-8-18-13(11)16-7-14(5-6-14)10-3-4-10/h8-10H,3-7H2,1-2H3,(H,16,17,18). The zero-order valence-corrected chi connectivity index (χ0v) is 11.8. The molecule has 0 bridgehead atoms. The van der Waals surface area contributed by atoms with Crippen LogP contribution in [-0.2, 0) is 0 Å². The van der Waals surface area contributed by atoms with E-state index in [9.17, 15) is 0 Å². The number of aromatic nitrogens is 2. The normalized spacial score (nSPS) is 21.1. The quantitative estimate of drug-likeness (QED) is 0.822. The molecule has 0 radical (unpaired) electrons. The van der Waals surface area contributed by atoms with E-state index in [2.05, 4.69) is 29.1 Å². The molecule has 0 spiro atoms. The average Bonchev–Trinajstić information content (AvgIpc) is 3.17. The van der Waals surface area contributed by atoms with E-state index in [1.165, 1.54) is 25.7 Å². The highest BCUT2D eigenvalue weighted by molar-refractivity contribution is 6.30. The summed E-state index contributed by atoms with van der Waals surface area (Å²) < 4.78 is 0. The Morgan fingerprint density at radius 2 is 2.11 bits per heavy atom. The number of hydrogen-bond acceptors (Lipinski definition) is 3. The van der Waals surface area contributed by atoms with Gasteiger partial charge in [-0.2, -0.15) is 0 Å². The van der Waals surface area contributed by atoms with E-state index >= 15 is 0 Å². The molecule has 3 nitrogen and oxygen atoms in total. The summed E-state index contributed by atoms with van der Waals surface area (Å²) in [7, 11) is 0. The van der Waals surface area contributed by atoms with Crippen LogP contribution in [0.1, 0.15) is 51.0 Å². The van der Waals surface area contributed by atoms with E-state index in [1.807, 2.05) is 0 Å². The fourth-order valence-corrected chi connectivity index (χ4v) is 3.22. The maximum atomic E-state index is 6.17. The predicted molar refractivity (Wildman–Crippen MR) is 74.0 cm³/mol. The van der Waals surface area contributed by atoms with Crippen molar-refractivity contribution in [3.63, 3.8) is 0 Å². The largest absolute Gasteiger partial charge is 0.369 e. The van der Waals surface area contributed by atoms with Crippen molar-refractivity contribution in [1.29, 1.82) is 0 Å². The van der Waals surface area contributed by atoms with Crippen LogP contribution in [0, 0.1) is 11.3 Å². The lowest BCUT2D eigenvalue weighted by atomic mass is 10.00. The first-order chi connectivity index (χ1) is 8.62. The maximum Gasteiger partial charge on any atom is 0.138 e. The van der Waals surface area contributed by atoms with Gasteiger partial charge >= 0.3 is 0 Å². The molecule has 1 heterocycles. The van der Waals surface area contributed by atoms with Gasteiger partial charge in [0.1, 0.15) is 17.3 Å². The molecule has 1 N–H and O–H groups in total. The zero-order chi connectivity index (χ0) is 12.8.